The zero-order chi connectivity index (χ0) is 24.1. The number of anilines is 1. The van der Waals surface area contributed by atoms with Gasteiger partial charge >= 0.3 is 0 Å². The maximum atomic E-state index is 6.56. The van der Waals surface area contributed by atoms with Crippen molar-refractivity contribution >= 4 is 29.5 Å². The molecule has 1 saturated heterocycles. The van der Waals surface area contributed by atoms with E-state index in [2.05, 4.69) is 43.9 Å². The number of halogens is 1. The van der Waals surface area contributed by atoms with Crippen molar-refractivity contribution in [3.63, 3.8) is 0 Å². The Morgan fingerprint density at radius 2 is 1.71 bits per heavy atom. The Kier molecular flexibility index (Phi) is 8.34. The topological polar surface area (TPSA) is 68.1 Å². The Labute approximate surface area is 211 Å². The average Bonchev–Trinajstić information content (AvgIpc) is 3.59. The first-order valence-electron chi connectivity index (χ1n) is 12.0. The van der Waals surface area contributed by atoms with Crippen LogP contribution in [0.5, 0.6) is 11.6 Å². The Morgan fingerprint density at radius 3 is 2.32 bits per heavy atom. The summed E-state index contributed by atoms with van der Waals surface area (Å²) < 4.78 is 11.1. The van der Waals surface area contributed by atoms with Gasteiger partial charge in [0.05, 0.1) is 16.7 Å². The molecule has 1 aliphatic heterocycles. The molecule has 0 atom stereocenters. The molecule has 1 aromatic carbocycles. The van der Waals surface area contributed by atoms with Crippen LogP contribution in [0.25, 0.3) is 0 Å². The van der Waals surface area contributed by atoms with Gasteiger partial charge in [-0.05, 0) is 87.3 Å². The number of rotatable bonds is 7. The van der Waals surface area contributed by atoms with Gasteiger partial charge in [0, 0.05) is 13.2 Å². The molecule has 34 heavy (non-hydrogen) atoms. The Hall–Kier alpha value is -2.29. The summed E-state index contributed by atoms with van der Waals surface area (Å²) in [6.07, 6.45) is 8.28. The van der Waals surface area contributed by atoms with E-state index < -0.39 is 0 Å². The van der Waals surface area contributed by atoms with Crippen molar-refractivity contribution in [2.45, 2.75) is 56.3 Å². The Morgan fingerprint density at radius 1 is 1.00 bits per heavy atom. The fraction of sp³-hybridized carbons (Fsp3) is 0.480. The van der Waals surface area contributed by atoms with Gasteiger partial charge in [-0.15, -0.1) is 0 Å². The summed E-state index contributed by atoms with van der Waals surface area (Å²) in [5.74, 6) is 2.72. The minimum atomic E-state index is 0.371. The normalized spacial score (nSPS) is 16.6. The predicted octanol–water partition coefficient (Wildman–Crippen LogP) is 6.49. The van der Waals surface area contributed by atoms with Crippen LogP contribution >= 0.6 is 23.5 Å². The van der Waals surface area contributed by atoms with Gasteiger partial charge in [-0.25, -0.2) is 0 Å². The second kappa shape index (κ2) is 11.4. The molecule has 2 aliphatic rings. The van der Waals surface area contributed by atoms with Crippen molar-refractivity contribution in [1.82, 2.24) is 24.6 Å². The summed E-state index contributed by atoms with van der Waals surface area (Å²) in [5.41, 5.74) is 2.28. The minimum absolute atomic E-state index is 0.371. The van der Waals surface area contributed by atoms with Gasteiger partial charge in [-0.2, -0.15) is 15.1 Å². The lowest BCUT2D eigenvalue weighted by atomic mass is 9.90. The molecule has 0 amide bonds. The molecule has 2 aromatic heterocycles. The van der Waals surface area contributed by atoms with Gasteiger partial charge in [-0.1, -0.05) is 37.6 Å². The lowest BCUT2D eigenvalue weighted by molar-refractivity contribution is 0.255. The van der Waals surface area contributed by atoms with Crippen molar-refractivity contribution in [3.05, 3.63) is 52.9 Å². The molecular formula is C25H33ClN6OS. The monoisotopic (exact) mass is 500 g/mol. The van der Waals surface area contributed by atoms with E-state index in [4.69, 9.17) is 16.3 Å². The van der Waals surface area contributed by atoms with E-state index in [0.717, 1.165) is 42.1 Å². The van der Waals surface area contributed by atoms with Gasteiger partial charge in [0.2, 0.25) is 11.8 Å². The van der Waals surface area contributed by atoms with E-state index in [-0.39, 0.29) is 0 Å². The summed E-state index contributed by atoms with van der Waals surface area (Å²) in [6.45, 7) is 6.31. The van der Waals surface area contributed by atoms with Crippen LogP contribution in [0, 0.1) is 0 Å². The molecule has 2 fully saturated rings. The third-order valence-electron chi connectivity index (χ3n) is 6.08. The van der Waals surface area contributed by atoms with E-state index in [1.54, 1.807) is 10.9 Å². The molecular weight excluding hydrogens is 468 g/mol. The molecule has 5 rings (SSSR count). The molecule has 0 spiro atoms. The number of likely N-dealkylation sites (tertiary alicyclic amines) is 1. The van der Waals surface area contributed by atoms with Crippen molar-refractivity contribution in [3.8, 4) is 11.6 Å². The first-order valence-corrected chi connectivity index (χ1v) is 13.2. The Balaban J connectivity index is 0.00000133. The first kappa shape index (κ1) is 24.8. The smallest absolute Gasteiger partial charge is 0.237 e. The van der Waals surface area contributed by atoms with Crippen LogP contribution in [0.3, 0.4) is 0 Å². The van der Waals surface area contributed by atoms with Gasteiger partial charge in [0.1, 0.15) is 10.9 Å². The van der Waals surface area contributed by atoms with Gasteiger partial charge in [0.15, 0.2) is 0 Å². The third-order valence-corrected chi connectivity index (χ3v) is 7.09. The van der Waals surface area contributed by atoms with Gasteiger partial charge < -0.3 is 9.64 Å². The lowest BCUT2D eigenvalue weighted by Crippen LogP contribution is -2.29. The highest BCUT2D eigenvalue weighted by Crippen LogP contribution is 2.47. The summed E-state index contributed by atoms with van der Waals surface area (Å²) in [7, 11) is 4.07. The zero-order valence-electron chi connectivity index (χ0n) is 20.3. The first-order chi connectivity index (χ1) is 16.5. The molecule has 0 bridgehead atoms. The van der Waals surface area contributed by atoms with Crippen LogP contribution in [0.15, 0.2) is 41.6 Å². The van der Waals surface area contributed by atoms with E-state index >= 15 is 0 Å². The van der Waals surface area contributed by atoms with Gasteiger partial charge in [0.25, 0.3) is 0 Å². The highest BCUT2D eigenvalue weighted by Gasteiger charge is 2.32. The van der Waals surface area contributed by atoms with Gasteiger partial charge in [-0.3, -0.25) is 9.40 Å². The van der Waals surface area contributed by atoms with E-state index in [1.807, 2.05) is 39.2 Å². The molecule has 1 saturated carbocycles. The third kappa shape index (κ3) is 6.23. The number of ether oxygens (including phenoxy) is 1. The number of aryl methyl sites for hydroxylation is 1. The van der Waals surface area contributed by atoms with Crippen LogP contribution in [0.1, 0.15) is 62.5 Å². The van der Waals surface area contributed by atoms with E-state index in [1.165, 1.54) is 30.4 Å². The average molecular weight is 501 g/mol. The fourth-order valence-electron chi connectivity index (χ4n) is 4.08. The Bertz CT molecular complexity index is 1080. The second-order valence-corrected chi connectivity index (χ2v) is 9.87. The van der Waals surface area contributed by atoms with Crippen molar-refractivity contribution < 1.29 is 4.74 Å². The molecule has 3 aromatic rings. The molecule has 3 heterocycles. The summed E-state index contributed by atoms with van der Waals surface area (Å²) in [6, 6.07) is 8.44. The molecule has 0 radical (unpaired) electrons. The molecule has 182 valence electrons. The maximum absolute atomic E-state index is 6.56. The number of nitrogens with one attached hydrogen (secondary N) is 1. The quantitative estimate of drug-likeness (QED) is 0.294. The highest BCUT2D eigenvalue weighted by atomic mass is 35.5. The molecule has 1 aliphatic carbocycles. The number of benzene rings is 1. The summed E-state index contributed by atoms with van der Waals surface area (Å²) in [4.78, 5) is 12.5. The molecule has 9 heteroatoms. The van der Waals surface area contributed by atoms with Crippen molar-refractivity contribution in [2.24, 2.45) is 7.05 Å². The van der Waals surface area contributed by atoms with E-state index in [9.17, 15) is 0 Å². The zero-order valence-corrected chi connectivity index (χ0v) is 21.9. The predicted molar refractivity (Wildman–Crippen MR) is 139 cm³/mol. The standard InChI is InChI=1S/C23H27ClN6OS.C2H6/c1-29-11-9-16(10-12-29)15-5-7-18(8-6-15)31-22-20(17-3-4-17)21(24)26-23(27-22)28-32-19-13-25-30(2)14-19;1-2/h5-8,13-14,16-17H,3-4,9-12H2,1-2H3,(H,26,27,28);1-2H3. The molecule has 1 N–H and O–H groups in total. The van der Waals surface area contributed by atoms with Crippen LogP contribution in [0.2, 0.25) is 5.15 Å². The summed E-state index contributed by atoms with van der Waals surface area (Å²) >= 11 is 7.95. The number of piperidine rings is 1. The lowest BCUT2D eigenvalue weighted by Gasteiger charge is -2.29. The molecule has 7 nitrogen and oxygen atoms in total. The number of aromatic nitrogens is 4. The van der Waals surface area contributed by atoms with E-state index in [0.29, 0.717) is 28.8 Å². The number of hydrogen-bond acceptors (Lipinski definition) is 7. The van der Waals surface area contributed by atoms with Crippen LogP contribution in [-0.4, -0.2) is 44.8 Å². The SMILES string of the molecule is CC.CN1CCC(c2ccc(Oc3nc(NSc4cnn(C)c4)nc(Cl)c3C3CC3)cc2)CC1. The number of nitrogens with zero attached hydrogens (tertiary/aromatic N) is 5. The summed E-state index contributed by atoms with van der Waals surface area (Å²) in [5, 5.41) is 4.63. The molecule has 0 unspecified atom stereocenters. The van der Waals surface area contributed by atoms with Crippen LogP contribution in [0.4, 0.5) is 5.95 Å². The fourth-order valence-corrected chi connectivity index (χ4v) is 5.00. The maximum Gasteiger partial charge on any atom is 0.237 e. The second-order valence-electron chi connectivity index (χ2n) is 8.63. The van der Waals surface area contributed by atoms with Crippen molar-refractivity contribution in [1.29, 1.82) is 0 Å². The van der Waals surface area contributed by atoms with Crippen LogP contribution in [-0.2, 0) is 7.05 Å². The van der Waals surface area contributed by atoms with Crippen LogP contribution < -0.4 is 9.46 Å². The highest BCUT2D eigenvalue weighted by molar-refractivity contribution is 8.00. The largest absolute Gasteiger partial charge is 0.438 e. The minimum Gasteiger partial charge on any atom is -0.438 e. The number of hydrogen-bond donors (Lipinski definition) is 1. The van der Waals surface area contributed by atoms with Crippen molar-refractivity contribution in [2.75, 3.05) is 24.9 Å².